The number of allylic oxidation sites excluding steroid dienone is 2. The van der Waals surface area contributed by atoms with Crippen LogP contribution in [0.3, 0.4) is 0 Å². The van der Waals surface area contributed by atoms with Crippen LogP contribution in [0.25, 0.3) is 0 Å². The molecule has 0 radical (unpaired) electrons. The van der Waals surface area contributed by atoms with Crippen molar-refractivity contribution in [3.8, 4) is 0 Å². The van der Waals surface area contributed by atoms with Crippen molar-refractivity contribution in [2.75, 3.05) is 13.2 Å². The highest BCUT2D eigenvalue weighted by Crippen LogP contribution is 2.09. The van der Waals surface area contributed by atoms with Gasteiger partial charge in [-0.25, -0.2) is 0 Å². The van der Waals surface area contributed by atoms with Gasteiger partial charge in [0.05, 0.1) is 6.61 Å². The summed E-state index contributed by atoms with van der Waals surface area (Å²) < 4.78 is 9.96. The fourth-order valence-electron chi connectivity index (χ4n) is 1.37. The third kappa shape index (κ3) is 7.46. The van der Waals surface area contributed by atoms with Crippen molar-refractivity contribution in [1.29, 1.82) is 0 Å². The van der Waals surface area contributed by atoms with E-state index in [4.69, 9.17) is 9.47 Å². The van der Waals surface area contributed by atoms with E-state index < -0.39 is 0 Å². The summed E-state index contributed by atoms with van der Waals surface area (Å²) in [6.45, 7) is 3.37. The highest BCUT2D eigenvalue weighted by Gasteiger charge is 2.23. The monoisotopic (exact) mass is 226 g/mol. The van der Waals surface area contributed by atoms with Gasteiger partial charge in [-0.2, -0.15) is 0 Å². The Morgan fingerprint density at radius 3 is 2.81 bits per heavy atom. The molecule has 1 rings (SSSR count). The van der Waals surface area contributed by atoms with Crippen molar-refractivity contribution in [2.24, 2.45) is 0 Å². The molecule has 0 aliphatic carbocycles. The Kier molecular flexibility index (Phi) is 6.90. The van der Waals surface area contributed by atoms with Crippen molar-refractivity contribution in [2.45, 2.75) is 51.6 Å². The fraction of sp³-hybridized carbons (Fsp3) is 0.769. The summed E-state index contributed by atoms with van der Waals surface area (Å²) in [5, 5.41) is 0. The quantitative estimate of drug-likeness (QED) is 0.263. The van der Waals surface area contributed by atoms with Crippen LogP contribution in [0.2, 0.25) is 0 Å². The van der Waals surface area contributed by atoms with Gasteiger partial charge < -0.3 is 9.47 Å². The molecule has 1 aliphatic rings. The molecule has 92 valence electrons. The van der Waals surface area contributed by atoms with E-state index in [0.717, 1.165) is 19.4 Å². The largest absolute Gasteiger partial charge is 0.463 e. The van der Waals surface area contributed by atoms with Crippen molar-refractivity contribution in [1.82, 2.24) is 0 Å². The number of ether oxygens (including phenoxy) is 2. The molecule has 3 heteroatoms. The van der Waals surface area contributed by atoms with Crippen LogP contribution in [-0.4, -0.2) is 25.3 Å². The molecule has 1 heterocycles. The average molecular weight is 226 g/mol. The van der Waals surface area contributed by atoms with Gasteiger partial charge >= 0.3 is 5.97 Å². The van der Waals surface area contributed by atoms with Crippen molar-refractivity contribution in [3.63, 3.8) is 0 Å². The third-order valence-corrected chi connectivity index (χ3v) is 2.49. The Hall–Kier alpha value is -0.830. The molecule has 0 spiro atoms. The molecule has 1 atom stereocenters. The Morgan fingerprint density at radius 1 is 1.38 bits per heavy atom. The van der Waals surface area contributed by atoms with Crippen LogP contribution in [0.15, 0.2) is 12.2 Å². The van der Waals surface area contributed by atoms with E-state index in [1.54, 1.807) is 0 Å². The Balaban J connectivity index is 1.86. The molecule has 1 saturated heterocycles. The molecule has 0 aromatic rings. The van der Waals surface area contributed by atoms with Crippen LogP contribution in [0.4, 0.5) is 0 Å². The van der Waals surface area contributed by atoms with Crippen LogP contribution in [-0.2, 0) is 14.3 Å². The molecule has 1 unspecified atom stereocenters. The second kappa shape index (κ2) is 8.34. The molecule has 16 heavy (non-hydrogen) atoms. The minimum Gasteiger partial charge on any atom is -0.463 e. The Labute approximate surface area is 97.8 Å². The SMILES string of the molecule is CCCCC/C=C/CCC(=O)OCC1CO1. The van der Waals surface area contributed by atoms with E-state index in [2.05, 4.69) is 19.1 Å². The standard InChI is InChI=1S/C13H22O3/c1-2-3-4-5-6-7-8-9-13(14)16-11-12-10-15-12/h6-7,12H,2-5,8-11H2,1H3/b7-6+. The Bertz CT molecular complexity index is 219. The maximum Gasteiger partial charge on any atom is 0.306 e. The number of rotatable bonds is 9. The average Bonchev–Trinajstić information content (AvgIpc) is 3.09. The Morgan fingerprint density at radius 2 is 2.12 bits per heavy atom. The third-order valence-electron chi connectivity index (χ3n) is 2.49. The van der Waals surface area contributed by atoms with Gasteiger partial charge in [0.1, 0.15) is 12.7 Å². The lowest BCUT2D eigenvalue weighted by molar-refractivity contribution is -0.144. The molecular formula is C13H22O3. The highest BCUT2D eigenvalue weighted by atomic mass is 16.6. The van der Waals surface area contributed by atoms with Gasteiger partial charge in [0.25, 0.3) is 0 Å². The lowest BCUT2D eigenvalue weighted by atomic mass is 10.2. The summed E-state index contributed by atoms with van der Waals surface area (Å²) in [6.07, 6.45) is 10.6. The highest BCUT2D eigenvalue weighted by molar-refractivity contribution is 5.69. The van der Waals surface area contributed by atoms with Crippen LogP contribution in [0.5, 0.6) is 0 Å². The van der Waals surface area contributed by atoms with E-state index in [0.29, 0.717) is 13.0 Å². The van der Waals surface area contributed by atoms with Crippen LogP contribution in [0, 0.1) is 0 Å². The topological polar surface area (TPSA) is 38.8 Å². The molecule has 1 fully saturated rings. The summed E-state index contributed by atoms with van der Waals surface area (Å²) in [7, 11) is 0. The number of carbonyl (C=O) groups is 1. The van der Waals surface area contributed by atoms with E-state index in [-0.39, 0.29) is 12.1 Å². The predicted octanol–water partition coefficient (Wildman–Crippen LogP) is 2.85. The maximum absolute atomic E-state index is 11.2. The first kappa shape index (κ1) is 13.2. The summed E-state index contributed by atoms with van der Waals surface area (Å²) in [6, 6.07) is 0. The van der Waals surface area contributed by atoms with Crippen molar-refractivity contribution < 1.29 is 14.3 Å². The number of unbranched alkanes of at least 4 members (excludes halogenated alkanes) is 3. The van der Waals surface area contributed by atoms with Gasteiger partial charge in [0.2, 0.25) is 0 Å². The van der Waals surface area contributed by atoms with E-state index in [1.807, 2.05) is 0 Å². The minimum atomic E-state index is -0.117. The molecule has 0 aromatic heterocycles. The van der Waals surface area contributed by atoms with E-state index >= 15 is 0 Å². The first-order chi connectivity index (χ1) is 7.83. The first-order valence-corrected chi connectivity index (χ1v) is 6.25. The van der Waals surface area contributed by atoms with Gasteiger partial charge in [0, 0.05) is 6.42 Å². The second-order valence-electron chi connectivity index (χ2n) is 4.14. The number of hydrogen-bond donors (Lipinski definition) is 0. The molecule has 0 N–H and O–H groups in total. The van der Waals surface area contributed by atoms with Crippen LogP contribution < -0.4 is 0 Å². The molecule has 0 saturated carbocycles. The second-order valence-corrected chi connectivity index (χ2v) is 4.14. The lowest BCUT2D eigenvalue weighted by Crippen LogP contribution is -2.08. The zero-order chi connectivity index (χ0) is 11.6. The lowest BCUT2D eigenvalue weighted by Gasteiger charge is -2.00. The fourth-order valence-corrected chi connectivity index (χ4v) is 1.37. The number of hydrogen-bond acceptors (Lipinski definition) is 3. The maximum atomic E-state index is 11.2. The predicted molar refractivity (Wildman–Crippen MR) is 63.2 cm³/mol. The van der Waals surface area contributed by atoms with Crippen LogP contribution in [0.1, 0.15) is 45.4 Å². The van der Waals surface area contributed by atoms with E-state index in [1.165, 1.54) is 19.3 Å². The first-order valence-electron chi connectivity index (χ1n) is 6.25. The molecule has 3 nitrogen and oxygen atoms in total. The minimum absolute atomic E-state index is 0.117. The van der Waals surface area contributed by atoms with Gasteiger partial charge in [0.15, 0.2) is 0 Å². The van der Waals surface area contributed by atoms with Crippen molar-refractivity contribution in [3.05, 3.63) is 12.2 Å². The van der Waals surface area contributed by atoms with Gasteiger partial charge in [-0.05, 0) is 19.3 Å². The van der Waals surface area contributed by atoms with Gasteiger partial charge in [-0.3, -0.25) is 4.79 Å². The van der Waals surface area contributed by atoms with Gasteiger partial charge in [-0.1, -0.05) is 31.9 Å². The van der Waals surface area contributed by atoms with Gasteiger partial charge in [-0.15, -0.1) is 0 Å². The summed E-state index contributed by atoms with van der Waals surface area (Å²) in [4.78, 5) is 11.2. The molecule has 1 aliphatic heterocycles. The summed E-state index contributed by atoms with van der Waals surface area (Å²) in [5.41, 5.74) is 0. The molecule has 0 bridgehead atoms. The number of epoxide rings is 1. The molecule has 0 amide bonds. The van der Waals surface area contributed by atoms with Crippen LogP contribution >= 0.6 is 0 Å². The molecular weight excluding hydrogens is 204 g/mol. The zero-order valence-electron chi connectivity index (χ0n) is 10.1. The normalized spacial score (nSPS) is 18.9. The van der Waals surface area contributed by atoms with Crippen molar-refractivity contribution >= 4 is 5.97 Å². The summed E-state index contributed by atoms with van der Waals surface area (Å²) in [5.74, 6) is -0.117. The number of esters is 1. The molecule has 0 aromatic carbocycles. The zero-order valence-corrected chi connectivity index (χ0v) is 10.1. The smallest absolute Gasteiger partial charge is 0.306 e. The summed E-state index contributed by atoms with van der Waals surface area (Å²) >= 11 is 0. The number of carbonyl (C=O) groups excluding carboxylic acids is 1. The van der Waals surface area contributed by atoms with E-state index in [9.17, 15) is 4.79 Å².